The summed E-state index contributed by atoms with van der Waals surface area (Å²) in [6, 6.07) is 10.8. The van der Waals surface area contributed by atoms with Gasteiger partial charge < -0.3 is 5.32 Å². The van der Waals surface area contributed by atoms with E-state index in [1.54, 1.807) is 0 Å². The summed E-state index contributed by atoms with van der Waals surface area (Å²) in [4.78, 5) is 12.7. The largest absolute Gasteiger partial charge is 0.352 e. The van der Waals surface area contributed by atoms with Crippen LogP contribution in [0.4, 0.5) is 0 Å². The number of hydrogen-bond donors (Lipinski definition) is 1. The Labute approximate surface area is 114 Å². The van der Waals surface area contributed by atoms with Crippen molar-refractivity contribution in [2.75, 3.05) is 0 Å². The third-order valence-corrected chi connectivity index (χ3v) is 5.07. The van der Waals surface area contributed by atoms with Crippen molar-refractivity contribution in [3.8, 4) is 0 Å². The van der Waals surface area contributed by atoms with Gasteiger partial charge in [-0.3, -0.25) is 4.79 Å². The van der Waals surface area contributed by atoms with Gasteiger partial charge >= 0.3 is 0 Å². The second kappa shape index (κ2) is 4.09. The van der Waals surface area contributed by atoms with Crippen LogP contribution in [0.15, 0.2) is 30.3 Å². The second-order valence-corrected chi connectivity index (χ2v) is 6.62. The van der Waals surface area contributed by atoms with Crippen LogP contribution in [-0.2, 0) is 10.2 Å². The van der Waals surface area contributed by atoms with Gasteiger partial charge in [-0.2, -0.15) is 0 Å². The predicted octanol–water partition coefficient (Wildman–Crippen LogP) is 3.02. The molecule has 0 spiro atoms. The first kappa shape index (κ1) is 11.5. The summed E-state index contributed by atoms with van der Waals surface area (Å²) in [7, 11) is 0. The van der Waals surface area contributed by atoms with Crippen LogP contribution < -0.4 is 5.32 Å². The molecule has 3 aliphatic carbocycles. The molecule has 0 aromatic heterocycles. The molecule has 0 aliphatic heterocycles. The van der Waals surface area contributed by atoms with Crippen molar-refractivity contribution in [3.05, 3.63) is 35.9 Å². The molecule has 3 saturated carbocycles. The molecule has 0 radical (unpaired) electrons. The molecule has 2 nitrogen and oxygen atoms in total. The van der Waals surface area contributed by atoms with Crippen LogP contribution in [0.25, 0.3) is 0 Å². The van der Waals surface area contributed by atoms with E-state index in [-0.39, 0.29) is 5.41 Å². The number of amides is 1. The van der Waals surface area contributed by atoms with Gasteiger partial charge in [0.2, 0.25) is 5.91 Å². The van der Waals surface area contributed by atoms with Crippen LogP contribution in [0.2, 0.25) is 0 Å². The summed E-state index contributed by atoms with van der Waals surface area (Å²) in [6.45, 7) is 0. The number of benzene rings is 1. The number of carbonyl (C=O) groups excluding carboxylic acids is 1. The maximum atomic E-state index is 12.7. The van der Waals surface area contributed by atoms with Gasteiger partial charge in [-0.25, -0.2) is 0 Å². The number of carbonyl (C=O) groups is 1. The third-order valence-electron chi connectivity index (χ3n) is 5.07. The quantitative estimate of drug-likeness (QED) is 0.861. The molecule has 1 amide bonds. The fourth-order valence-corrected chi connectivity index (χ4v) is 3.35. The van der Waals surface area contributed by atoms with Gasteiger partial charge in [0, 0.05) is 6.04 Å². The van der Waals surface area contributed by atoms with Crippen molar-refractivity contribution in [2.45, 2.75) is 50.0 Å². The number of rotatable bonds is 5. The van der Waals surface area contributed by atoms with Gasteiger partial charge in [0.1, 0.15) is 0 Å². The van der Waals surface area contributed by atoms with E-state index in [4.69, 9.17) is 0 Å². The minimum Gasteiger partial charge on any atom is -0.352 e. The van der Waals surface area contributed by atoms with Crippen molar-refractivity contribution < 1.29 is 4.79 Å². The summed E-state index contributed by atoms with van der Waals surface area (Å²) < 4.78 is 0. The summed E-state index contributed by atoms with van der Waals surface area (Å²) in [5.41, 5.74) is 1.02. The average molecular weight is 255 g/mol. The average Bonchev–Trinajstić information content (AvgIpc) is 3.32. The zero-order valence-electron chi connectivity index (χ0n) is 11.3. The normalized spacial score (nSPS) is 24.3. The summed E-state index contributed by atoms with van der Waals surface area (Å²) in [6.07, 6.45) is 7.31. The molecule has 0 atom stereocenters. The lowest BCUT2D eigenvalue weighted by molar-refractivity contribution is -0.124. The Morgan fingerprint density at radius 1 is 1.05 bits per heavy atom. The summed E-state index contributed by atoms with van der Waals surface area (Å²) >= 11 is 0. The summed E-state index contributed by atoms with van der Waals surface area (Å²) in [5, 5.41) is 3.40. The molecule has 0 saturated heterocycles. The SMILES string of the molecule is O=C(NC(C1CC1)C1CC1)C1(c2ccccc2)CC1. The molecule has 0 unspecified atom stereocenters. The Morgan fingerprint density at radius 2 is 1.63 bits per heavy atom. The molecule has 2 heteroatoms. The Morgan fingerprint density at radius 3 is 2.11 bits per heavy atom. The monoisotopic (exact) mass is 255 g/mol. The van der Waals surface area contributed by atoms with Gasteiger partial charge in [-0.15, -0.1) is 0 Å². The maximum Gasteiger partial charge on any atom is 0.230 e. The molecular weight excluding hydrogens is 234 g/mol. The molecule has 0 bridgehead atoms. The lowest BCUT2D eigenvalue weighted by atomic mass is 9.94. The molecular formula is C17H21NO. The molecule has 4 rings (SSSR count). The van der Waals surface area contributed by atoms with Gasteiger partial charge in [0.25, 0.3) is 0 Å². The molecule has 3 aliphatic rings. The lowest BCUT2D eigenvalue weighted by Crippen LogP contribution is -2.43. The minimum absolute atomic E-state index is 0.191. The van der Waals surface area contributed by atoms with Gasteiger partial charge in [-0.1, -0.05) is 30.3 Å². The van der Waals surface area contributed by atoms with Gasteiger partial charge in [0.15, 0.2) is 0 Å². The van der Waals surface area contributed by atoms with E-state index >= 15 is 0 Å². The van der Waals surface area contributed by atoms with Crippen LogP contribution in [-0.4, -0.2) is 11.9 Å². The van der Waals surface area contributed by atoms with E-state index in [0.717, 1.165) is 24.7 Å². The molecule has 1 aromatic carbocycles. The van der Waals surface area contributed by atoms with E-state index in [1.807, 2.05) is 18.2 Å². The Hall–Kier alpha value is -1.31. The lowest BCUT2D eigenvalue weighted by Gasteiger charge is -2.22. The van der Waals surface area contributed by atoms with Crippen LogP contribution >= 0.6 is 0 Å². The predicted molar refractivity (Wildman–Crippen MR) is 74.7 cm³/mol. The van der Waals surface area contributed by atoms with Crippen molar-refractivity contribution in [3.63, 3.8) is 0 Å². The van der Waals surface area contributed by atoms with E-state index < -0.39 is 0 Å². The first-order valence-electron chi connectivity index (χ1n) is 7.66. The van der Waals surface area contributed by atoms with E-state index in [9.17, 15) is 4.79 Å². The van der Waals surface area contributed by atoms with Crippen LogP contribution in [0.1, 0.15) is 44.1 Å². The smallest absolute Gasteiger partial charge is 0.230 e. The molecule has 0 heterocycles. The molecule has 19 heavy (non-hydrogen) atoms. The molecule has 3 fully saturated rings. The third kappa shape index (κ3) is 2.07. The fraction of sp³-hybridized carbons (Fsp3) is 0.588. The van der Waals surface area contributed by atoms with E-state index in [0.29, 0.717) is 11.9 Å². The first-order chi connectivity index (χ1) is 9.29. The molecule has 1 N–H and O–H groups in total. The minimum atomic E-state index is -0.191. The fourth-order valence-electron chi connectivity index (χ4n) is 3.35. The highest BCUT2D eigenvalue weighted by atomic mass is 16.2. The zero-order chi connectivity index (χ0) is 12.9. The van der Waals surface area contributed by atoms with Crippen molar-refractivity contribution in [1.82, 2.24) is 5.32 Å². The Kier molecular flexibility index (Phi) is 2.48. The highest BCUT2D eigenvalue weighted by Crippen LogP contribution is 2.50. The highest BCUT2D eigenvalue weighted by Gasteiger charge is 2.53. The number of nitrogens with one attached hydrogen (secondary N) is 1. The maximum absolute atomic E-state index is 12.7. The van der Waals surface area contributed by atoms with Gasteiger partial charge in [0.05, 0.1) is 5.41 Å². The van der Waals surface area contributed by atoms with Crippen LogP contribution in [0.5, 0.6) is 0 Å². The standard InChI is InChI=1S/C17H21NO/c19-16(18-15(12-6-7-12)13-8-9-13)17(10-11-17)14-4-2-1-3-5-14/h1-5,12-13,15H,6-11H2,(H,18,19). The Balaban J connectivity index is 1.50. The molecule has 100 valence electrons. The zero-order valence-corrected chi connectivity index (χ0v) is 11.3. The highest BCUT2D eigenvalue weighted by molar-refractivity contribution is 5.91. The topological polar surface area (TPSA) is 29.1 Å². The van der Waals surface area contributed by atoms with E-state index in [1.165, 1.54) is 31.2 Å². The van der Waals surface area contributed by atoms with Crippen LogP contribution in [0.3, 0.4) is 0 Å². The van der Waals surface area contributed by atoms with E-state index in [2.05, 4.69) is 17.4 Å². The molecule has 1 aromatic rings. The van der Waals surface area contributed by atoms with Crippen LogP contribution in [0, 0.1) is 11.8 Å². The number of hydrogen-bond acceptors (Lipinski definition) is 1. The second-order valence-electron chi connectivity index (χ2n) is 6.62. The first-order valence-corrected chi connectivity index (χ1v) is 7.66. The van der Waals surface area contributed by atoms with Gasteiger partial charge in [-0.05, 0) is 55.9 Å². The van der Waals surface area contributed by atoms with Crippen molar-refractivity contribution >= 4 is 5.91 Å². The Bertz CT molecular complexity index is 471. The van der Waals surface area contributed by atoms with Crippen molar-refractivity contribution in [2.24, 2.45) is 11.8 Å². The van der Waals surface area contributed by atoms with Crippen molar-refractivity contribution in [1.29, 1.82) is 0 Å². The summed E-state index contributed by atoms with van der Waals surface area (Å²) in [5.74, 6) is 1.86.